The molecule has 90 valence electrons. The molecule has 4 nitrogen and oxygen atoms in total. The van der Waals surface area contributed by atoms with Crippen LogP contribution in [0.1, 0.15) is 5.56 Å². The number of aromatic nitrogens is 2. The highest BCUT2D eigenvalue weighted by Gasteiger charge is 2.08. The number of phenolic OH excluding ortho intramolecular Hbond substituents is 1. The van der Waals surface area contributed by atoms with Crippen LogP contribution in [0, 0.1) is 0 Å². The van der Waals surface area contributed by atoms with Crippen molar-refractivity contribution >= 4 is 17.0 Å². The zero-order valence-corrected chi connectivity index (χ0v) is 9.74. The van der Waals surface area contributed by atoms with Crippen LogP contribution < -0.4 is 5.73 Å². The average molecular weight is 239 g/mol. The summed E-state index contributed by atoms with van der Waals surface area (Å²) in [6.07, 6.45) is 0. The Kier molecular flexibility index (Phi) is 2.41. The zero-order chi connectivity index (χ0) is 12.5. The number of aromatic hydroxyl groups is 1. The van der Waals surface area contributed by atoms with Crippen molar-refractivity contribution in [1.82, 2.24) is 9.55 Å². The molecule has 0 fully saturated rings. The van der Waals surface area contributed by atoms with Gasteiger partial charge in [-0.3, -0.25) is 0 Å². The number of fused-ring (bicyclic) bond motifs is 1. The summed E-state index contributed by atoms with van der Waals surface area (Å²) in [5.74, 6) is 0.677. The molecule has 0 atom stereocenters. The van der Waals surface area contributed by atoms with Crippen LogP contribution in [0.25, 0.3) is 11.0 Å². The van der Waals surface area contributed by atoms with Gasteiger partial charge in [-0.1, -0.05) is 30.3 Å². The lowest BCUT2D eigenvalue weighted by Crippen LogP contribution is -2.04. The molecule has 2 aromatic carbocycles. The molecule has 0 unspecified atom stereocenters. The molecule has 0 saturated carbocycles. The number of rotatable bonds is 2. The predicted octanol–water partition coefficient (Wildman–Crippen LogP) is 2.37. The Morgan fingerprint density at radius 2 is 1.89 bits per heavy atom. The van der Waals surface area contributed by atoms with Crippen molar-refractivity contribution in [2.75, 3.05) is 5.73 Å². The van der Waals surface area contributed by atoms with Gasteiger partial charge < -0.3 is 15.4 Å². The fourth-order valence-corrected chi connectivity index (χ4v) is 2.06. The normalized spacial score (nSPS) is 10.9. The smallest absolute Gasteiger partial charge is 0.201 e. The van der Waals surface area contributed by atoms with Gasteiger partial charge in [-0.15, -0.1) is 0 Å². The van der Waals surface area contributed by atoms with Crippen molar-refractivity contribution in [1.29, 1.82) is 0 Å². The number of hydrogen-bond donors (Lipinski definition) is 2. The Bertz CT molecular complexity index is 689. The summed E-state index contributed by atoms with van der Waals surface area (Å²) in [5, 5.41) is 9.55. The van der Waals surface area contributed by atoms with E-state index in [0.29, 0.717) is 12.5 Å². The Hall–Kier alpha value is -2.49. The molecular weight excluding hydrogens is 226 g/mol. The van der Waals surface area contributed by atoms with E-state index in [-0.39, 0.29) is 5.75 Å². The number of imidazole rings is 1. The summed E-state index contributed by atoms with van der Waals surface area (Å²) < 4.78 is 1.89. The largest absolute Gasteiger partial charge is 0.508 e. The van der Waals surface area contributed by atoms with Gasteiger partial charge in [0.2, 0.25) is 5.95 Å². The number of nitrogens with zero attached hydrogens (tertiary/aromatic N) is 2. The van der Waals surface area contributed by atoms with Crippen LogP contribution in [0.3, 0.4) is 0 Å². The molecule has 0 bridgehead atoms. The van der Waals surface area contributed by atoms with Gasteiger partial charge in [-0.05, 0) is 17.7 Å². The van der Waals surface area contributed by atoms with Crippen LogP contribution >= 0.6 is 0 Å². The third kappa shape index (κ3) is 1.78. The minimum atomic E-state index is 0.219. The predicted molar refractivity (Wildman–Crippen MR) is 71.4 cm³/mol. The number of benzene rings is 2. The summed E-state index contributed by atoms with van der Waals surface area (Å²) in [4.78, 5) is 4.28. The standard InChI is InChI=1S/C14H13N3O/c15-14-16-12-7-6-11(18)8-13(12)17(14)9-10-4-2-1-3-5-10/h1-8,18H,9H2,(H2,15,16). The van der Waals surface area contributed by atoms with Gasteiger partial charge >= 0.3 is 0 Å². The molecule has 3 aromatic rings. The summed E-state index contributed by atoms with van der Waals surface area (Å²) in [6, 6.07) is 15.1. The van der Waals surface area contributed by atoms with Gasteiger partial charge in [-0.2, -0.15) is 0 Å². The second-order valence-corrected chi connectivity index (χ2v) is 4.21. The highest BCUT2D eigenvalue weighted by atomic mass is 16.3. The lowest BCUT2D eigenvalue weighted by atomic mass is 10.2. The minimum Gasteiger partial charge on any atom is -0.508 e. The van der Waals surface area contributed by atoms with Crippen molar-refractivity contribution < 1.29 is 5.11 Å². The van der Waals surface area contributed by atoms with E-state index in [1.807, 2.05) is 34.9 Å². The first-order chi connectivity index (χ1) is 8.74. The lowest BCUT2D eigenvalue weighted by Gasteiger charge is -2.06. The van der Waals surface area contributed by atoms with Gasteiger partial charge in [0.05, 0.1) is 17.6 Å². The van der Waals surface area contributed by atoms with E-state index < -0.39 is 0 Å². The van der Waals surface area contributed by atoms with Crippen molar-refractivity contribution in [3.05, 3.63) is 54.1 Å². The highest BCUT2D eigenvalue weighted by Crippen LogP contribution is 2.23. The molecule has 3 rings (SSSR count). The van der Waals surface area contributed by atoms with E-state index in [4.69, 9.17) is 5.73 Å². The van der Waals surface area contributed by atoms with E-state index in [1.165, 1.54) is 0 Å². The van der Waals surface area contributed by atoms with Crippen LogP contribution in [0.2, 0.25) is 0 Å². The summed E-state index contributed by atoms with van der Waals surface area (Å²) in [6.45, 7) is 0.645. The van der Waals surface area contributed by atoms with Crippen molar-refractivity contribution in [2.45, 2.75) is 6.54 Å². The molecule has 0 aliphatic carbocycles. The Morgan fingerprint density at radius 1 is 1.11 bits per heavy atom. The third-order valence-electron chi connectivity index (χ3n) is 2.94. The number of nitrogens with two attached hydrogens (primary N) is 1. The number of anilines is 1. The fraction of sp³-hybridized carbons (Fsp3) is 0.0714. The van der Waals surface area contributed by atoms with Gasteiger partial charge in [0.15, 0.2) is 0 Å². The van der Waals surface area contributed by atoms with Crippen LogP contribution in [-0.2, 0) is 6.54 Å². The first kappa shape index (κ1) is 10.7. The number of nitrogen functional groups attached to an aromatic ring is 1. The van der Waals surface area contributed by atoms with E-state index in [1.54, 1.807) is 18.2 Å². The van der Waals surface area contributed by atoms with Gasteiger partial charge in [0.25, 0.3) is 0 Å². The van der Waals surface area contributed by atoms with Gasteiger partial charge in [-0.25, -0.2) is 4.98 Å². The second kappa shape index (κ2) is 4.07. The molecule has 0 amide bonds. The van der Waals surface area contributed by atoms with Crippen LogP contribution in [0.4, 0.5) is 5.95 Å². The third-order valence-corrected chi connectivity index (χ3v) is 2.94. The van der Waals surface area contributed by atoms with E-state index in [0.717, 1.165) is 16.6 Å². The molecular formula is C14H13N3O. The SMILES string of the molecule is Nc1nc2ccc(O)cc2n1Cc1ccccc1. The maximum Gasteiger partial charge on any atom is 0.201 e. The van der Waals surface area contributed by atoms with E-state index >= 15 is 0 Å². The van der Waals surface area contributed by atoms with Crippen LogP contribution in [-0.4, -0.2) is 14.7 Å². The molecule has 3 N–H and O–H groups in total. The Balaban J connectivity index is 2.11. The Morgan fingerprint density at radius 3 is 2.67 bits per heavy atom. The average Bonchev–Trinajstić information content (AvgIpc) is 2.67. The molecule has 0 aliphatic rings. The zero-order valence-electron chi connectivity index (χ0n) is 9.74. The summed E-state index contributed by atoms with van der Waals surface area (Å²) in [5.41, 5.74) is 8.70. The second-order valence-electron chi connectivity index (χ2n) is 4.21. The molecule has 4 heteroatoms. The topological polar surface area (TPSA) is 64.1 Å². The van der Waals surface area contributed by atoms with Crippen molar-refractivity contribution in [3.63, 3.8) is 0 Å². The maximum atomic E-state index is 9.55. The first-order valence-corrected chi connectivity index (χ1v) is 5.73. The quantitative estimate of drug-likeness (QED) is 0.721. The molecule has 1 heterocycles. The number of phenols is 1. The minimum absolute atomic E-state index is 0.219. The molecule has 0 radical (unpaired) electrons. The molecule has 0 aliphatic heterocycles. The molecule has 0 spiro atoms. The van der Waals surface area contributed by atoms with Crippen LogP contribution in [0.15, 0.2) is 48.5 Å². The number of hydrogen-bond acceptors (Lipinski definition) is 3. The van der Waals surface area contributed by atoms with Gasteiger partial charge in [0, 0.05) is 6.07 Å². The Labute approximate surface area is 104 Å². The first-order valence-electron chi connectivity index (χ1n) is 5.73. The maximum absolute atomic E-state index is 9.55. The highest BCUT2D eigenvalue weighted by molar-refractivity contribution is 5.79. The molecule has 0 saturated heterocycles. The summed E-state index contributed by atoms with van der Waals surface area (Å²) >= 11 is 0. The summed E-state index contributed by atoms with van der Waals surface area (Å²) in [7, 11) is 0. The van der Waals surface area contributed by atoms with E-state index in [9.17, 15) is 5.11 Å². The van der Waals surface area contributed by atoms with Crippen molar-refractivity contribution in [2.24, 2.45) is 0 Å². The fourth-order valence-electron chi connectivity index (χ4n) is 2.06. The monoisotopic (exact) mass is 239 g/mol. The molecule has 18 heavy (non-hydrogen) atoms. The van der Waals surface area contributed by atoms with Crippen LogP contribution in [0.5, 0.6) is 5.75 Å². The van der Waals surface area contributed by atoms with E-state index in [2.05, 4.69) is 4.98 Å². The van der Waals surface area contributed by atoms with Gasteiger partial charge in [0.1, 0.15) is 5.75 Å². The van der Waals surface area contributed by atoms with Crippen molar-refractivity contribution in [3.8, 4) is 5.75 Å². The lowest BCUT2D eigenvalue weighted by molar-refractivity contribution is 0.476. The molecule has 1 aromatic heterocycles.